The van der Waals surface area contributed by atoms with E-state index < -0.39 is 10.0 Å². The summed E-state index contributed by atoms with van der Waals surface area (Å²) in [6.45, 7) is 7.39. The molecule has 1 amide bonds. The number of anilines is 1. The summed E-state index contributed by atoms with van der Waals surface area (Å²) >= 11 is 0. The normalized spacial score (nSPS) is 17.6. The number of rotatable bonds is 7. The van der Waals surface area contributed by atoms with Gasteiger partial charge < -0.3 is 9.64 Å². The van der Waals surface area contributed by atoms with Gasteiger partial charge in [-0.25, -0.2) is 13.1 Å². The molecule has 1 heterocycles. The van der Waals surface area contributed by atoms with Crippen molar-refractivity contribution < 1.29 is 17.9 Å². The molecular formula is C23H28N2O4S. The Morgan fingerprint density at radius 3 is 2.50 bits per heavy atom. The van der Waals surface area contributed by atoms with Crippen LogP contribution in [-0.2, 0) is 26.8 Å². The number of nitrogens with one attached hydrogen (secondary N) is 1. The Morgan fingerprint density at radius 2 is 1.87 bits per heavy atom. The van der Waals surface area contributed by atoms with Crippen LogP contribution in [-0.4, -0.2) is 27.5 Å². The third-order valence-electron chi connectivity index (χ3n) is 5.74. The lowest BCUT2D eigenvalue weighted by atomic mass is 9.87. The van der Waals surface area contributed by atoms with E-state index in [2.05, 4.69) is 18.6 Å². The summed E-state index contributed by atoms with van der Waals surface area (Å²) in [5.41, 5.74) is 2.30. The van der Waals surface area contributed by atoms with Gasteiger partial charge in [0.1, 0.15) is 5.75 Å². The molecule has 0 unspecified atom stereocenters. The number of hydrogen-bond acceptors (Lipinski definition) is 4. The summed E-state index contributed by atoms with van der Waals surface area (Å²) in [6.07, 6.45) is 1.90. The molecule has 0 saturated heterocycles. The van der Waals surface area contributed by atoms with Gasteiger partial charge in [-0.15, -0.1) is 0 Å². The van der Waals surface area contributed by atoms with Gasteiger partial charge in [0.2, 0.25) is 15.9 Å². The third kappa shape index (κ3) is 4.09. The Balaban J connectivity index is 1.53. The molecule has 2 aromatic rings. The van der Waals surface area contributed by atoms with Crippen molar-refractivity contribution in [3.63, 3.8) is 0 Å². The van der Waals surface area contributed by atoms with E-state index >= 15 is 0 Å². The lowest BCUT2D eigenvalue weighted by Crippen LogP contribution is -2.34. The topological polar surface area (TPSA) is 75.7 Å². The van der Waals surface area contributed by atoms with Crippen LogP contribution in [0, 0.1) is 5.92 Å². The van der Waals surface area contributed by atoms with Crippen LogP contribution in [0.4, 0.5) is 5.69 Å². The smallest absolute Gasteiger partial charge is 0.240 e. The van der Waals surface area contributed by atoms with Gasteiger partial charge in [0.05, 0.1) is 11.5 Å². The zero-order chi connectivity index (χ0) is 21.5. The van der Waals surface area contributed by atoms with Crippen LogP contribution in [0.5, 0.6) is 5.75 Å². The highest BCUT2D eigenvalue weighted by Gasteiger charge is 2.43. The first-order valence-corrected chi connectivity index (χ1v) is 11.9. The number of ether oxygens (including phenoxy) is 1. The van der Waals surface area contributed by atoms with Crippen LogP contribution in [0.25, 0.3) is 0 Å². The predicted molar refractivity (Wildman–Crippen MR) is 116 cm³/mol. The van der Waals surface area contributed by atoms with E-state index in [0.29, 0.717) is 13.2 Å². The van der Waals surface area contributed by atoms with E-state index in [1.54, 1.807) is 18.2 Å². The van der Waals surface area contributed by atoms with Crippen LogP contribution in [0.2, 0.25) is 0 Å². The predicted octanol–water partition coefficient (Wildman–Crippen LogP) is 3.60. The number of fused-ring (bicyclic) bond motifs is 1. The summed E-state index contributed by atoms with van der Waals surface area (Å²) < 4.78 is 33.9. The Kier molecular flexibility index (Phi) is 5.36. The molecule has 0 bridgehead atoms. The standard InChI is InChI=1S/C23H28N2O4S/c1-4-29-18-9-5-16(6-10-18)14-24-30(27,28)19-11-12-21-20(13-19)23(2,3)15-25(21)22(26)17-7-8-17/h5-6,9-13,17,24H,4,7-8,14-15H2,1-3H3. The van der Waals surface area contributed by atoms with Gasteiger partial charge in [-0.1, -0.05) is 26.0 Å². The number of sulfonamides is 1. The van der Waals surface area contributed by atoms with Crippen LogP contribution >= 0.6 is 0 Å². The molecule has 0 aromatic heterocycles. The molecule has 0 radical (unpaired) electrons. The SMILES string of the molecule is CCOc1ccc(CNS(=O)(=O)c2ccc3c(c2)C(C)(C)CN3C(=O)C2CC2)cc1. The molecule has 6 nitrogen and oxygen atoms in total. The Hall–Kier alpha value is -2.38. The molecule has 4 rings (SSSR count). The van der Waals surface area contributed by atoms with Crippen molar-refractivity contribution in [2.24, 2.45) is 5.92 Å². The quantitative estimate of drug-likeness (QED) is 0.731. The van der Waals surface area contributed by atoms with Crippen molar-refractivity contribution in [2.75, 3.05) is 18.1 Å². The average Bonchev–Trinajstić information content (AvgIpc) is 3.53. The van der Waals surface area contributed by atoms with Gasteiger partial charge in [-0.05, 0) is 61.2 Å². The first-order chi connectivity index (χ1) is 14.2. The van der Waals surface area contributed by atoms with E-state index in [9.17, 15) is 13.2 Å². The lowest BCUT2D eigenvalue weighted by molar-refractivity contribution is -0.119. The molecule has 2 aromatic carbocycles. The van der Waals surface area contributed by atoms with E-state index in [0.717, 1.165) is 35.4 Å². The minimum absolute atomic E-state index is 0.131. The summed E-state index contributed by atoms with van der Waals surface area (Å²) in [5.74, 6) is 1.05. The highest BCUT2D eigenvalue weighted by molar-refractivity contribution is 7.89. The Labute approximate surface area is 178 Å². The summed E-state index contributed by atoms with van der Waals surface area (Å²) in [4.78, 5) is 14.7. The highest BCUT2D eigenvalue weighted by atomic mass is 32.2. The van der Waals surface area contributed by atoms with E-state index in [4.69, 9.17) is 4.74 Å². The Bertz CT molecular complexity index is 1060. The minimum Gasteiger partial charge on any atom is -0.494 e. The van der Waals surface area contributed by atoms with Gasteiger partial charge in [0.25, 0.3) is 0 Å². The van der Waals surface area contributed by atoms with Gasteiger partial charge in [0, 0.05) is 30.1 Å². The largest absolute Gasteiger partial charge is 0.494 e. The van der Waals surface area contributed by atoms with E-state index in [1.807, 2.05) is 36.1 Å². The van der Waals surface area contributed by atoms with Crippen molar-refractivity contribution in [3.05, 3.63) is 53.6 Å². The van der Waals surface area contributed by atoms with E-state index in [-0.39, 0.29) is 28.7 Å². The number of amides is 1. The number of nitrogens with zero attached hydrogens (tertiary/aromatic N) is 1. The molecule has 30 heavy (non-hydrogen) atoms. The molecule has 160 valence electrons. The molecule has 1 fully saturated rings. The van der Waals surface area contributed by atoms with Gasteiger partial charge >= 0.3 is 0 Å². The van der Waals surface area contributed by atoms with Gasteiger partial charge in [0.15, 0.2) is 0 Å². The molecule has 1 aliphatic carbocycles. The van der Waals surface area contributed by atoms with Crippen LogP contribution in [0.1, 0.15) is 44.7 Å². The fourth-order valence-electron chi connectivity index (χ4n) is 3.90. The second-order valence-electron chi connectivity index (χ2n) is 8.66. The minimum atomic E-state index is -3.68. The van der Waals surface area contributed by atoms with Crippen molar-refractivity contribution in [1.29, 1.82) is 0 Å². The van der Waals surface area contributed by atoms with Crippen molar-refractivity contribution in [1.82, 2.24) is 4.72 Å². The molecule has 1 aliphatic heterocycles. The van der Waals surface area contributed by atoms with E-state index in [1.165, 1.54) is 0 Å². The summed E-state index contributed by atoms with van der Waals surface area (Å²) in [7, 11) is -3.68. The second-order valence-corrected chi connectivity index (χ2v) is 10.4. The molecule has 7 heteroatoms. The van der Waals surface area contributed by atoms with Crippen LogP contribution < -0.4 is 14.4 Å². The zero-order valence-electron chi connectivity index (χ0n) is 17.6. The van der Waals surface area contributed by atoms with Crippen molar-refractivity contribution in [3.8, 4) is 5.75 Å². The Morgan fingerprint density at radius 1 is 1.17 bits per heavy atom. The number of carbonyl (C=O) groups excluding carboxylic acids is 1. The monoisotopic (exact) mass is 428 g/mol. The summed E-state index contributed by atoms with van der Waals surface area (Å²) in [5, 5.41) is 0. The van der Waals surface area contributed by atoms with Crippen molar-refractivity contribution >= 4 is 21.6 Å². The molecule has 1 saturated carbocycles. The maximum atomic E-state index is 12.9. The maximum absolute atomic E-state index is 12.9. The molecule has 1 N–H and O–H groups in total. The fraction of sp³-hybridized carbons (Fsp3) is 0.435. The summed E-state index contributed by atoms with van der Waals surface area (Å²) in [6, 6.07) is 12.4. The van der Waals surface area contributed by atoms with Gasteiger partial charge in [-0.2, -0.15) is 0 Å². The van der Waals surface area contributed by atoms with Crippen molar-refractivity contribution in [2.45, 2.75) is 50.5 Å². The number of carbonyl (C=O) groups is 1. The average molecular weight is 429 g/mol. The van der Waals surface area contributed by atoms with Crippen LogP contribution in [0.15, 0.2) is 47.4 Å². The molecule has 0 atom stereocenters. The molecule has 0 spiro atoms. The number of hydrogen-bond donors (Lipinski definition) is 1. The lowest BCUT2D eigenvalue weighted by Gasteiger charge is -2.20. The first kappa shape index (κ1) is 20.9. The van der Waals surface area contributed by atoms with Gasteiger partial charge in [-0.3, -0.25) is 4.79 Å². The second kappa shape index (κ2) is 7.71. The zero-order valence-corrected chi connectivity index (χ0v) is 18.5. The number of benzene rings is 2. The molecular weight excluding hydrogens is 400 g/mol. The fourth-order valence-corrected chi connectivity index (χ4v) is 4.95. The van der Waals surface area contributed by atoms with Crippen LogP contribution in [0.3, 0.4) is 0 Å². The first-order valence-electron chi connectivity index (χ1n) is 10.4. The molecule has 2 aliphatic rings. The highest BCUT2D eigenvalue weighted by Crippen LogP contribution is 2.44. The maximum Gasteiger partial charge on any atom is 0.240 e. The third-order valence-corrected chi connectivity index (χ3v) is 7.14.